The fourth-order valence-corrected chi connectivity index (χ4v) is 1.51. The van der Waals surface area contributed by atoms with Crippen molar-refractivity contribution in [3.05, 3.63) is 29.8 Å². The van der Waals surface area contributed by atoms with Gasteiger partial charge in [0.25, 0.3) is 0 Å². The summed E-state index contributed by atoms with van der Waals surface area (Å²) in [6.45, 7) is 4.64. The Morgan fingerprint density at radius 1 is 1.47 bits per heavy atom. The molecule has 0 aliphatic heterocycles. The Bertz CT molecular complexity index is 395. The van der Waals surface area contributed by atoms with Crippen LogP contribution >= 0.6 is 0 Å². The van der Waals surface area contributed by atoms with Crippen LogP contribution in [0.2, 0.25) is 0 Å². The quantitative estimate of drug-likeness (QED) is 0.685. The zero-order chi connectivity index (χ0) is 14.1. The molecule has 1 unspecified atom stereocenters. The number of carbonyl (C=O) groups excluding carboxylic acids is 1. The third-order valence-electron chi connectivity index (χ3n) is 2.39. The number of benzene rings is 1. The number of aryl methyl sites for hydroxylation is 1. The van der Waals surface area contributed by atoms with Crippen LogP contribution < -0.4 is 10.1 Å². The highest BCUT2D eigenvalue weighted by Gasteiger charge is 2.07. The number of rotatable bonds is 8. The predicted octanol–water partition coefficient (Wildman–Crippen LogP) is 0.887. The summed E-state index contributed by atoms with van der Waals surface area (Å²) >= 11 is 0. The van der Waals surface area contributed by atoms with E-state index in [9.17, 15) is 9.90 Å². The maximum absolute atomic E-state index is 11.0. The van der Waals surface area contributed by atoms with E-state index < -0.39 is 6.10 Å². The monoisotopic (exact) mass is 267 g/mol. The third kappa shape index (κ3) is 6.79. The van der Waals surface area contributed by atoms with Crippen molar-refractivity contribution in [2.45, 2.75) is 20.0 Å². The van der Waals surface area contributed by atoms with Crippen LogP contribution in [0.4, 0.5) is 0 Å². The average molecular weight is 267 g/mol. The molecule has 0 fully saturated rings. The van der Waals surface area contributed by atoms with Crippen molar-refractivity contribution in [3.63, 3.8) is 0 Å². The molecular weight excluding hydrogens is 246 g/mol. The van der Waals surface area contributed by atoms with Gasteiger partial charge in [0.15, 0.2) is 0 Å². The molecule has 5 nitrogen and oxygen atoms in total. The lowest BCUT2D eigenvalue weighted by Gasteiger charge is -2.13. The van der Waals surface area contributed by atoms with Gasteiger partial charge in [-0.2, -0.15) is 0 Å². The zero-order valence-electron chi connectivity index (χ0n) is 11.4. The van der Waals surface area contributed by atoms with Crippen LogP contribution in [0, 0.1) is 6.92 Å². The molecule has 1 aromatic rings. The van der Waals surface area contributed by atoms with Gasteiger partial charge in [0, 0.05) is 6.54 Å². The molecule has 0 saturated carbocycles. The van der Waals surface area contributed by atoms with Crippen molar-refractivity contribution in [2.75, 3.05) is 26.3 Å². The van der Waals surface area contributed by atoms with Crippen molar-refractivity contribution >= 4 is 5.97 Å². The standard InChI is InChI=1S/C14H21NO4/c1-3-18-14(17)9-15-8-12(16)10-19-13-6-4-5-11(2)7-13/h4-7,12,15-16H,3,8-10H2,1-2H3. The van der Waals surface area contributed by atoms with Gasteiger partial charge in [0.2, 0.25) is 0 Å². The van der Waals surface area contributed by atoms with Crippen LogP contribution in [-0.4, -0.2) is 43.5 Å². The molecule has 0 saturated heterocycles. The van der Waals surface area contributed by atoms with Crippen molar-refractivity contribution in [3.8, 4) is 5.75 Å². The SMILES string of the molecule is CCOC(=O)CNCC(O)COc1cccc(C)c1. The van der Waals surface area contributed by atoms with Crippen molar-refractivity contribution in [2.24, 2.45) is 0 Å². The molecule has 0 aliphatic rings. The van der Waals surface area contributed by atoms with Gasteiger partial charge >= 0.3 is 5.97 Å². The highest BCUT2D eigenvalue weighted by atomic mass is 16.5. The molecule has 5 heteroatoms. The van der Waals surface area contributed by atoms with E-state index in [1.807, 2.05) is 31.2 Å². The summed E-state index contributed by atoms with van der Waals surface area (Å²) in [5.41, 5.74) is 1.10. The number of esters is 1. The van der Waals surface area contributed by atoms with Crippen molar-refractivity contribution < 1.29 is 19.4 Å². The maximum atomic E-state index is 11.0. The molecule has 0 amide bonds. The first-order valence-corrected chi connectivity index (χ1v) is 6.35. The second-order valence-corrected chi connectivity index (χ2v) is 4.22. The first-order chi connectivity index (χ1) is 9.11. The molecule has 19 heavy (non-hydrogen) atoms. The highest BCUT2D eigenvalue weighted by Crippen LogP contribution is 2.12. The largest absolute Gasteiger partial charge is 0.491 e. The number of carbonyl (C=O) groups is 1. The van der Waals surface area contributed by atoms with E-state index in [-0.39, 0.29) is 25.7 Å². The van der Waals surface area contributed by atoms with Gasteiger partial charge in [0.1, 0.15) is 18.5 Å². The number of aliphatic hydroxyl groups excluding tert-OH is 1. The Morgan fingerprint density at radius 2 is 2.26 bits per heavy atom. The van der Waals surface area contributed by atoms with Crippen LogP contribution in [0.3, 0.4) is 0 Å². The van der Waals surface area contributed by atoms with Crippen LogP contribution in [0.5, 0.6) is 5.75 Å². The van der Waals surface area contributed by atoms with Crippen molar-refractivity contribution in [1.29, 1.82) is 0 Å². The summed E-state index contributed by atoms with van der Waals surface area (Å²) < 4.78 is 10.2. The van der Waals surface area contributed by atoms with E-state index in [0.717, 1.165) is 11.3 Å². The van der Waals surface area contributed by atoms with E-state index in [2.05, 4.69) is 5.32 Å². The van der Waals surface area contributed by atoms with E-state index in [1.54, 1.807) is 6.92 Å². The van der Waals surface area contributed by atoms with E-state index >= 15 is 0 Å². The van der Waals surface area contributed by atoms with Gasteiger partial charge < -0.3 is 19.9 Å². The molecule has 0 aromatic heterocycles. The Kier molecular flexibility index (Phi) is 6.92. The van der Waals surface area contributed by atoms with E-state index in [4.69, 9.17) is 9.47 Å². The van der Waals surface area contributed by atoms with Crippen LogP contribution in [0.15, 0.2) is 24.3 Å². The Morgan fingerprint density at radius 3 is 2.95 bits per heavy atom. The van der Waals surface area contributed by atoms with Gasteiger partial charge in [-0.1, -0.05) is 12.1 Å². The smallest absolute Gasteiger partial charge is 0.319 e. The first kappa shape index (κ1) is 15.5. The van der Waals surface area contributed by atoms with Gasteiger partial charge in [0.05, 0.1) is 13.2 Å². The second-order valence-electron chi connectivity index (χ2n) is 4.22. The lowest BCUT2D eigenvalue weighted by Crippen LogP contribution is -2.35. The molecule has 106 valence electrons. The molecule has 1 aromatic carbocycles. The molecule has 0 spiro atoms. The summed E-state index contributed by atoms with van der Waals surface area (Å²) in [5, 5.41) is 12.5. The van der Waals surface area contributed by atoms with E-state index in [0.29, 0.717) is 6.61 Å². The lowest BCUT2D eigenvalue weighted by atomic mass is 10.2. The molecule has 0 heterocycles. The molecule has 0 radical (unpaired) electrons. The second kappa shape index (κ2) is 8.50. The predicted molar refractivity (Wildman–Crippen MR) is 72.2 cm³/mol. The minimum Gasteiger partial charge on any atom is -0.491 e. The summed E-state index contributed by atoms with van der Waals surface area (Å²) in [6.07, 6.45) is -0.671. The molecule has 0 bridgehead atoms. The summed E-state index contributed by atoms with van der Waals surface area (Å²) in [6, 6.07) is 7.62. The molecular formula is C14H21NO4. The fraction of sp³-hybridized carbons (Fsp3) is 0.500. The molecule has 0 aliphatic carbocycles. The number of nitrogens with one attached hydrogen (secondary N) is 1. The average Bonchev–Trinajstić information content (AvgIpc) is 2.37. The molecule has 2 N–H and O–H groups in total. The summed E-state index contributed by atoms with van der Waals surface area (Å²) in [4.78, 5) is 11.0. The summed E-state index contributed by atoms with van der Waals surface area (Å²) in [7, 11) is 0. The molecule has 1 atom stereocenters. The number of hydrogen-bond acceptors (Lipinski definition) is 5. The van der Waals surface area contributed by atoms with Crippen molar-refractivity contribution in [1.82, 2.24) is 5.32 Å². The van der Waals surface area contributed by atoms with Crippen LogP contribution in [-0.2, 0) is 9.53 Å². The highest BCUT2D eigenvalue weighted by molar-refractivity contribution is 5.71. The van der Waals surface area contributed by atoms with Gasteiger partial charge in [-0.3, -0.25) is 4.79 Å². The van der Waals surface area contributed by atoms with Gasteiger partial charge in [-0.05, 0) is 31.5 Å². The normalized spacial score (nSPS) is 11.9. The third-order valence-corrected chi connectivity index (χ3v) is 2.39. The van der Waals surface area contributed by atoms with E-state index in [1.165, 1.54) is 0 Å². The fourth-order valence-electron chi connectivity index (χ4n) is 1.51. The maximum Gasteiger partial charge on any atom is 0.319 e. The number of ether oxygens (including phenoxy) is 2. The lowest BCUT2D eigenvalue weighted by molar-refractivity contribution is -0.142. The Hall–Kier alpha value is -1.59. The zero-order valence-corrected chi connectivity index (χ0v) is 11.4. The number of hydrogen-bond donors (Lipinski definition) is 2. The van der Waals surface area contributed by atoms with Crippen LogP contribution in [0.25, 0.3) is 0 Å². The minimum absolute atomic E-state index is 0.0926. The van der Waals surface area contributed by atoms with Gasteiger partial charge in [-0.25, -0.2) is 0 Å². The Labute approximate surface area is 113 Å². The summed E-state index contributed by atoms with van der Waals surface area (Å²) in [5.74, 6) is 0.402. The topological polar surface area (TPSA) is 67.8 Å². The Balaban J connectivity index is 2.17. The van der Waals surface area contributed by atoms with Gasteiger partial charge in [-0.15, -0.1) is 0 Å². The first-order valence-electron chi connectivity index (χ1n) is 6.35. The number of aliphatic hydroxyl groups is 1. The van der Waals surface area contributed by atoms with Crippen LogP contribution in [0.1, 0.15) is 12.5 Å². The minimum atomic E-state index is -0.671. The molecule has 1 rings (SSSR count).